The topological polar surface area (TPSA) is 80.7 Å². The Morgan fingerprint density at radius 3 is 2.80 bits per heavy atom. The van der Waals surface area contributed by atoms with Crippen LogP contribution in [0.2, 0.25) is 0 Å². The van der Waals surface area contributed by atoms with Gasteiger partial charge in [-0.25, -0.2) is 4.79 Å². The van der Waals surface area contributed by atoms with Gasteiger partial charge in [0.2, 0.25) is 5.76 Å². The number of rotatable bonds is 1. The normalized spacial score (nSPS) is 29.2. The fourth-order valence-corrected chi connectivity index (χ4v) is 1.71. The monoisotopic (exact) mass is 208 g/mol. The number of aliphatic carboxylic acids is 1. The zero-order valence-corrected chi connectivity index (χ0v) is 7.67. The van der Waals surface area contributed by atoms with Crippen molar-refractivity contribution >= 4 is 17.5 Å². The third-order valence-corrected chi connectivity index (χ3v) is 2.40. The molecular weight excluding hydrogens is 200 g/mol. The van der Waals surface area contributed by atoms with Crippen molar-refractivity contribution < 1.29 is 24.2 Å². The van der Waals surface area contributed by atoms with E-state index in [4.69, 9.17) is 9.84 Å². The van der Waals surface area contributed by atoms with Crippen LogP contribution in [0, 0.1) is 5.92 Å². The van der Waals surface area contributed by atoms with Crippen molar-refractivity contribution in [2.24, 2.45) is 5.92 Å². The third kappa shape index (κ3) is 1.56. The number of fused-ring (bicyclic) bond motifs is 1. The molecule has 5 heteroatoms. The second-order valence-corrected chi connectivity index (χ2v) is 3.39. The predicted octanol–water partition coefficient (Wildman–Crippen LogP) is 0.0680. The molecule has 0 aromatic rings. The lowest BCUT2D eigenvalue weighted by molar-refractivity contribution is -0.145. The highest BCUT2D eigenvalue weighted by Gasteiger charge is 2.40. The predicted molar refractivity (Wildman–Crippen MR) is 47.9 cm³/mol. The minimum atomic E-state index is -1.29. The van der Waals surface area contributed by atoms with Crippen molar-refractivity contribution in [1.29, 1.82) is 0 Å². The molecule has 2 atom stereocenters. The van der Waals surface area contributed by atoms with Crippen molar-refractivity contribution in [3.63, 3.8) is 0 Å². The highest BCUT2D eigenvalue weighted by Crippen LogP contribution is 2.27. The fraction of sp³-hybridized carbons (Fsp3) is 0.300. The number of allylic oxidation sites excluding steroid dienone is 2. The van der Waals surface area contributed by atoms with Gasteiger partial charge in [0.25, 0.3) is 0 Å². The Balaban J connectivity index is 2.33. The van der Waals surface area contributed by atoms with Crippen LogP contribution < -0.4 is 0 Å². The van der Waals surface area contributed by atoms with Crippen molar-refractivity contribution in [3.05, 3.63) is 24.0 Å². The maximum absolute atomic E-state index is 11.5. The van der Waals surface area contributed by atoms with Gasteiger partial charge in [-0.1, -0.05) is 6.08 Å². The molecule has 0 fully saturated rings. The van der Waals surface area contributed by atoms with E-state index in [1.54, 1.807) is 6.08 Å². The number of ether oxygens (including phenoxy) is 1. The molecule has 1 heterocycles. The first-order valence-corrected chi connectivity index (χ1v) is 4.45. The van der Waals surface area contributed by atoms with E-state index >= 15 is 0 Å². The highest BCUT2D eigenvalue weighted by molar-refractivity contribution is 6.14. The van der Waals surface area contributed by atoms with Crippen molar-refractivity contribution in [2.45, 2.75) is 12.5 Å². The lowest BCUT2D eigenvalue weighted by Crippen LogP contribution is -2.41. The molecule has 0 aromatic heterocycles. The summed E-state index contributed by atoms with van der Waals surface area (Å²) in [5.41, 5.74) is 0. The Labute approximate surface area is 85.0 Å². The molecule has 0 saturated carbocycles. The van der Waals surface area contributed by atoms with Gasteiger partial charge in [0.1, 0.15) is 12.0 Å². The van der Waals surface area contributed by atoms with Gasteiger partial charge >= 0.3 is 5.97 Å². The number of carboxylic acids is 1. The molecule has 2 unspecified atom stereocenters. The molecule has 0 bridgehead atoms. The van der Waals surface area contributed by atoms with Gasteiger partial charge in [0.15, 0.2) is 11.6 Å². The zero-order chi connectivity index (χ0) is 11.0. The molecule has 1 aliphatic heterocycles. The van der Waals surface area contributed by atoms with Crippen LogP contribution in [0.25, 0.3) is 0 Å². The smallest absolute Gasteiger partial charge is 0.371 e. The molecule has 15 heavy (non-hydrogen) atoms. The Hall–Kier alpha value is -1.91. The summed E-state index contributed by atoms with van der Waals surface area (Å²) in [5.74, 6) is -3.35. The van der Waals surface area contributed by atoms with E-state index in [0.29, 0.717) is 6.42 Å². The lowest BCUT2D eigenvalue weighted by Gasteiger charge is -2.29. The molecular formula is C10H8O5. The Kier molecular flexibility index (Phi) is 2.15. The number of hydrogen-bond acceptors (Lipinski definition) is 4. The van der Waals surface area contributed by atoms with Gasteiger partial charge in [-0.15, -0.1) is 0 Å². The van der Waals surface area contributed by atoms with Gasteiger partial charge in [-0.05, 0) is 6.08 Å². The first-order valence-electron chi connectivity index (χ1n) is 4.45. The van der Waals surface area contributed by atoms with Crippen LogP contribution >= 0.6 is 0 Å². The van der Waals surface area contributed by atoms with E-state index < -0.39 is 23.8 Å². The second kappa shape index (κ2) is 3.34. The van der Waals surface area contributed by atoms with Gasteiger partial charge in [0.05, 0.1) is 0 Å². The summed E-state index contributed by atoms with van der Waals surface area (Å²) in [6.45, 7) is 0. The average molecular weight is 208 g/mol. The van der Waals surface area contributed by atoms with Crippen molar-refractivity contribution in [3.8, 4) is 0 Å². The summed E-state index contributed by atoms with van der Waals surface area (Å²) in [5, 5.41) is 8.66. The summed E-state index contributed by atoms with van der Waals surface area (Å²) in [6, 6.07) is 0. The molecule has 2 aliphatic rings. The molecule has 0 spiro atoms. The minimum absolute atomic E-state index is 0.322. The maximum atomic E-state index is 11.5. The Morgan fingerprint density at radius 2 is 2.13 bits per heavy atom. The highest BCUT2D eigenvalue weighted by atomic mass is 16.5. The van der Waals surface area contributed by atoms with Crippen LogP contribution in [0.4, 0.5) is 0 Å². The summed E-state index contributed by atoms with van der Waals surface area (Å²) in [6.07, 6.45) is 3.52. The summed E-state index contributed by atoms with van der Waals surface area (Å²) in [7, 11) is 0. The van der Waals surface area contributed by atoms with Crippen LogP contribution in [-0.4, -0.2) is 28.7 Å². The molecule has 2 rings (SSSR count). The van der Waals surface area contributed by atoms with E-state index in [0.717, 1.165) is 6.08 Å². The first kappa shape index (κ1) is 9.64. The molecule has 0 radical (unpaired) electrons. The maximum Gasteiger partial charge on any atom is 0.371 e. The van der Waals surface area contributed by atoms with Gasteiger partial charge in [-0.2, -0.15) is 0 Å². The summed E-state index contributed by atoms with van der Waals surface area (Å²) < 4.78 is 5.06. The SMILES string of the molecule is O=C(O)C1=CC(=O)C2C(=O)C=CCC2O1. The Morgan fingerprint density at radius 1 is 1.40 bits per heavy atom. The van der Waals surface area contributed by atoms with Crippen molar-refractivity contribution in [1.82, 2.24) is 0 Å². The molecule has 1 N–H and O–H groups in total. The van der Waals surface area contributed by atoms with Crippen LogP contribution in [0.15, 0.2) is 24.0 Å². The molecule has 5 nitrogen and oxygen atoms in total. The molecule has 0 amide bonds. The van der Waals surface area contributed by atoms with E-state index in [1.807, 2.05) is 0 Å². The number of carboxylic acid groups (broad SMARTS) is 1. The van der Waals surface area contributed by atoms with Gasteiger partial charge in [0, 0.05) is 12.5 Å². The van der Waals surface area contributed by atoms with Crippen LogP contribution in [0.1, 0.15) is 6.42 Å². The third-order valence-electron chi connectivity index (χ3n) is 2.40. The second-order valence-electron chi connectivity index (χ2n) is 3.39. The van der Waals surface area contributed by atoms with Gasteiger partial charge < -0.3 is 9.84 Å². The average Bonchev–Trinajstić information content (AvgIpc) is 2.17. The molecule has 0 aromatic carbocycles. The number of ketones is 2. The quantitative estimate of drug-likeness (QED) is 0.616. The largest absolute Gasteiger partial charge is 0.482 e. The van der Waals surface area contributed by atoms with E-state index in [1.165, 1.54) is 6.08 Å². The Bertz CT molecular complexity index is 404. The standard InChI is InChI=1S/C10H8O5/c11-5-2-1-3-7-9(5)6(12)4-8(15-7)10(13)14/h1-2,4,7,9H,3H2,(H,13,14). The number of carbonyl (C=O) groups excluding carboxylic acids is 2. The fourth-order valence-electron chi connectivity index (χ4n) is 1.71. The number of hydrogen-bond donors (Lipinski definition) is 1. The summed E-state index contributed by atoms with van der Waals surface area (Å²) in [4.78, 5) is 33.4. The van der Waals surface area contributed by atoms with Crippen LogP contribution in [0.3, 0.4) is 0 Å². The van der Waals surface area contributed by atoms with E-state index in [9.17, 15) is 14.4 Å². The first-order chi connectivity index (χ1) is 7.09. The van der Waals surface area contributed by atoms with Gasteiger partial charge in [-0.3, -0.25) is 9.59 Å². The lowest BCUT2D eigenvalue weighted by atomic mass is 9.85. The summed E-state index contributed by atoms with van der Waals surface area (Å²) >= 11 is 0. The minimum Gasteiger partial charge on any atom is -0.482 e. The molecule has 1 aliphatic carbocycles. The zero-order valence-electron chi connectivity index (χ0n) is 7.67. The van der Waals surface area contributed by atoms with Crippen LogP contribution in [-0.2, 0) is 19.1 Å². The van der Waals surface area contributed by atoms with E-state index in [-0.39, 0.29) is 11.5 Å². The van der Waals surface area contributed by atoms with E-state index in [2.05, 4.69) is 0 Å². The van der Waals surface area contributed by atoms with Crippen molar-refractivity contribution in [2.75, 3.05) is 0 Å². The van der Waals surface area contributed by atoms with Crippen LogP contribution in [0.5, 0.6) is 0 Å². The molecule has 78 valence electrons. The molecule has 0 saturated heterocycles. The number of carbonyl (C=O) groups is 3.